The smallest absolute Gasteiger partial charge is 0.241 e. The highest BCUT2D eigenvalue weighted by Crippen LogP contribution is 2.30. The Bertz CT molecular complexity index is 1140. The number of carbonyl (C=O) groups is 1. The molecule has 176 valence electrons. The van der Waals surface area contributed by atoms with Gasteiger partial charge >= 0.3 is 0 Å². The molecule has 1 aromatic heterocycles. The summed E-state index contributed by atoms with van der Waals surface area (Å²) in [7, 11) is 0. The summed E-state index contributed by atoms with van der Waals surface area (Å²) in [6.45, 7) is 3.98. The van der Waals surface area contributed by atoms with E-state index < -0.39 is 0 Å². The van der Waals surface area contributed by atoms with Crippen LogP contribution in [0.1, 0.15) is 12.8 Å². The average Bonchev–Trinajstić information content (AvgIpc) is 3.41. The molecule has 9 heteroatoms. The fraction of sp³-hybridized carbons (Fsp3) is 0.320. The summed E-state index contributed by atoms with van der Waals surface area (Å²) in [5.41, 5.74) is 4.30. The lowest BCUT2D eigenvalue weighted by Gasteiger charge is -2.29. The molecule has 2 aromatic carbocycles. The zero-order valence-corrected chi connectivity index (χ0v) is 19.5. The first kappa shape index (κ1) is 22.6. The number of nitrogens with zero attached hydrogens (tertiary/aromatic N) is 3. The van der Waals surface area contributed by atoms with Crippen LogP contribution < -0.4 is 20.9 Å². The molecular formula is C25H27ClN6O2. The van der Waals surface area contributed by atoms with Crippen molar-refractivity contribution in [3.05, 3.63) is 59.8 Å². The Morgan fingerprint density at radius 3 is 2.62 bits per heavy atom. The van der Waals surface area contributed by atoms with Gasteiger partial charge in [-0.1, -0.05) is 23.7 Å². The van der Waals surface area contributed by atoms with Gasteiger partial charge in [-0.2, -0.15) is 0 Å². The van der Waals surface area contributed by atoms with Crippen LogP contribution in [0.25, 0.3) is 11.3 Å². The van der Waals surface area contributed by atoms with Crippen LogP contribution in [-0.2, 0) is 9.53 Å². The van der Waals surface area contributed by atoms with Gasteiger partial charge in [0, 0.05) is 36.2 Å². The summed E-state index contributed by atoms with van der Waals surface area (Å²) >= 11 is 6.55. The van der Waals surface area contributed by atoms with E-state index in [0.717, 1.165) is 60.8 Å². The molecule has 0 unspecified atom stereocenters. The van der Waals surface area contributed by atoms with E-state index in [9.17, 15) is 4.79 Å². The van der Waals surface area contributed by atoms with Gasteiger partial charge in [0.05, 0.1) is 35.7 Å². The molecule has 2 fully saturated rings. The predicted octanol–water partition coefficient (Wildman–Crippen LogP) is 4.07. The molecule has 34 heavy (non-hydrogen) atoms. The summed E-state index contributed by atoms with van der Waals surface area (Å²) in [6, 6.07) is 15.3. The van der Waals surface area contributed by atoms with Gasteiger partial charge < -0.3 is 25.6 Å². The zero-order valence-electron chi connectivity index (χ0n) is 18.8. The highest BCUT2D eigenvalue weighted by Gasteiger charge is 2.21. The van der Waals surface area contributed by atoms with Crippen LogP contribution >= 0.6 is 11.6 Å². The number of rotatable bonds is 6. The SMILES string of the molecule is O=C(Nc1ccc(-c2ccnc(Nc3ccc(N4CCOCC4)c(Cl)c3)n2)cc1)[C@H]1CCCN1. The molecule has 3 aromatic rings. The summed E-state index contributed by atoms with van der Waals surface area (Å²) in [4.78, 5) is 23.5. The molecular weight excluding hydrogens is 452 g/mol. The minimum Gasteiger partial charge on any atom is -0.378 e. The van der Waals surface area contributed by atoms with Crippen molar-refractivity contribution in [2.45, 2.75) is 18.9 Å². The first-order chi connectivity index (χ1) is 16.7. The van der Waals surface area contributed by atoms with Crippen LogP contribution in [0.5, 0.6) is 0 Å². The Labute approximate surface area is 203 Å². The van der Waals surface area contributed by atoms with Gasteiger partial charge in [-0.15, -0.1) is 0 Å². The van der Waals surface area contributed by atoms with Gasteiger partial charge in [-0.25, -0.2) is 9.97 Å². The van der Waals surface area contributed by atoms with E-state index in [-0.39, 0.29) is 11.9 Å². The van der Waals surface area contributed by atoms with Crippen molar-refractivity contribution in [1.82, 2.24) is 15.3 Å². The standard InChI is InChI=1S/C25H27ClN6O2/c26-20-16-19(7-8-23(20)32-12-14-34-15-13-32)30-25-28-11-9-21(31-25)17-3-5-18(6-4-17)29-24(33)22-2-1-10-27-22/h3-9,11,16,22,27H,1-2,10,12-15H2,(H,29,33)(H,28,30,31)/t22-/m1/s1. The van der Waals surface area contributed by atoms with Crippen LogP contribution in [0.2, 0.25) is 5.02 Å². The first-order valence-electron chi connectivity index (χ1n) is 11.5. The molecule has 2 aliphatic heterocycles. The molecule has 0 bridgehead atoms. The Morgan fingerprint density at radius 1 is 1.09 bits per heavy atom. The lowest BCUT2D eigenvalue weighted by atomic mass is 10.1. The quantitative estimate of drug-likeness (QED) is 0.492. The second kappa shape index (κ2) is 10.4. The van der Waals surface area contributed by atoms with Crippen molar-refractivity contribution in [1.29, 1.82) is 0 Å². The van der Waals surface area contributed by atoms with Gasteiger partial charge in [0.1, 0.15) is 0 Å². The fourth-order valence-corrected chi connectivity index (χ4v) is 4.52. The van der Waals surface area contributed by atoms with Gasteiger partial charge in [-0.3, -0.25) is 4.79 Å². The molecule has 3 N–H and O–H groups in total. The lowest BCUT2D eigenvalue weighted by Crippen LogP contribution is -2.36. The highest BCUT2D eigenvalue weighted by molar-refractivity contribution is 6.33. The van der Waals surface area contributed by atoms with E-state index >= 15 is 0 Å². The van der Waals surface area contributed by atoms with Gasteiger partial charge in [0.25, 0.3) is 0 Å². The number of ether oxygens (including phenoxy) is 1. The Kier molecular flexibility index (Phi) is 6.89. The number of amides is 1. The third kappa shape index (κ3) is 5.30. The fourth-order valence-electron chi connectivity index (χ4n) is 4.22. The monoisotopic (exact) mass is 478 g/mol. The molecule has 0 radical (unpaired) electrons. The topological polar surface area (TPSA) is 91.4 Å². The van der Waals surface area contributed by atoms with Crippen molar-refractivity contribution >= 4 is 40.5 Å². The molecule has 1 atom stereocenters. The van der Waals surface area contributed by atoms with Crippen LogP contribution in [0, 0.1) is 0 Å². The second-order valence-corrected chi connectivity index (χ2v) is 8.78. The predicted molar refractivity (Wildman–Crippen MR) is 135 cm³/mol. The van der Waals surface area contributed by atoms with Gasteiger partial charge in [0.15, 0.2) is 0 Å². The molecule has 2 aliphatic rings. The molecule has 1 amide bonds. The summed E-state index contributed by atoms with van der Waals surface area (Å²) < 4.78 is 5.42. The number of halogens is 1. The van der Waals surface area contributed by atoms with Crippen molar-refractivity contribution in [2.75, 3.05) is 48.4 Å². The normalized spacial score (nSPS) is 18.0. The number of aromatic nitrogens is 2. The Morgan fingerprint density at radius 2 is 1.88 bits per heavy atom. The third-order valence-electron chi connectivity index (χ3n) is 6.04. The summed E-state index contributed by atoms with van der Waals surface area (Å²) in [6.07, 6.45) is 3.63. The van der Waals surface area contributed by atoms with Crippen LogP contribution in [0.15, 0.2) is 54.7 Å². The Balaban J connectivity index is 1.25. The molecule has 3 heterocycles. The minimum absolute atomic E-state index is 0.0112. The molecule has 2 saturated heterocycles. The maximum atomic E-state index is 12.3. The highest BCUT2D eigenvalue weighted by atomic mass is 35.5. The van der Waals surface area contributed by atoms with E-state index in [1.54, 1.807) is 6.20 Å². The lowest BCUT2D eigenvalue weighted by molar-refractivity contribution is -0.117. The second-order valence-electron chi connectivity index (χ2n) is 8.37. The van der Waals surface area contributed by atoms with Crippen LogP contribution in [-0.4, -0.2) is 54.8 Å². The number of hydrogen-bond donors (Lipinski definition) is 3. The maximum absolute atomic E-state index is 12.3. The van der Waals surface area contributed by atoms with E-state index in [1.807, 2.05) is 48.5 Å². The van der Waals surface area contributed by atoms with E-state index in [4.69, 9.17) is 16.3 Å². The zero-order chi connectivity index (χ0) is 23.3. The molecule has 5 rings (SSSR count). The van der Waals surface area contributed by atoms with Crippen molar-refractivity contribution in [3.8, 4) is 11.3 Å². The van der Waals surface area contributed by atoms with Crippen LogP contribution in [0.3, 0.4) is 0 Å². The number of hydrogen-bond acceptors (Lipinski definition) is 7. The molecule has 0 aliphatic carbocycles. The molecule has 8 nitrogen and oxygen atoms in total. The summed E-state index contributed by atoms with van der Waals surface area (Å²) in [5, 5.41) is 10.1. The Hall–Kier alpha value is -3.20. The van der Waals surface area contributed by atoms with Crippen molar-refractivity contribution in [2.24, 2.45) is 0 Å². The van der Waals surface area contributed by atoms with Crippen molar-refractivity contribution in [3.63, 3.8) is 0 Å². The van der Waals surface area contributed by atoms with Gasteiger partial charge in [0.2, 0.25) is 11.9 Å². The number of nitrogens with one attached hydrogen (secondary N) is 3. The van der Waals surface area contributed by atoms with Crippen molar-refractivity contribution < 1.29 is 9.53 Å². The minimum atomic E-state index is -0.105. The molecule has 0 spiro atoms. The largest absolute Gasteiger partial charge is 0.378 e. The summed E-state index contributed by atoms with van der Waals surface area (Å²) in [5.74, 6) is 0.495. The maximum Gasteiger partial charge on any atom is 0.241 e. The van der Waals surface area contributed by atoms with Gasteiger partial charge in [-0.05, 0) is 55.8 Å². The molecule has 0 saturated carbocycles. The van der Waals surface area contributed by atoms with Crippen LogP contribution in [0.4, 0.5) is 23.0 Å². The number of anilines is 4. The average molecular weight is 479 g/mol. The number of carbonyl (C=O) groups excluding carboxylic acids is 1. The first-order valence-corrected chi connectivity index (χ1v) is 11.9. The number of morpholine rings is 1. The van der Waals surface area contributed by atoms with E-state index in [2.05, 4.69) is 30.8 Å². The third-order valence-corrected chi connectivity index (χ3v) is 6.34. The number of benzene rings is 2. The van der Waals surface area contributed by atoms with E-state index in [1.165, 1.54) is 0 Å². The van der Waals surface area contributed by atoms with E-state index in [0.29, 0.717) is 24.2 Å².